The van der Waals surface area contributed by atoms with Gasteiger partial charge in [0.2, 0.25) is 0 Å². The van der Waals surface area contributed by atoms with E-state index in [-0.39, 0.29) is 19.1 Å². The van der Waals surface area contributed by atoms with E-state index < -0.39 is 5.97 Å². The van der Waals surface area contributed by atoms with Crippen molar-refractivity contribution < 1.29 is 19.1 Å². The molecule has 1 aromatic carbocycles. The minimum absolute atomic E-state index is 0.116. The van der Waals surface area contributed by atoms with Gasteiger partial charge in [-0.15, -0.1) is 0 Å². The number of rotatable bonds is 6. The Morgan fingerprint density at radius 2 is 1.74 bits per heavy atom. The molecule has 0 unspecified atom stereocenters. The largest absolute Gasteiger partial charge is 0.482 e. The van der Waals surface area contributed by atoms with Crippen molar-refractivity contribution >= 4 is 11.9 Å². The Balaban J connectivity index is 1.73. The van der Waals surface area contributed by atoms with Crippen LogP contribution in [0.25, 0.3) is 0 Å². The van der Waals surface area contributed by atoms with Crippen LogP contribution in [-0.2, 0) is 20.7 Å². The third kappa shape index (κ3) is 5.58. The maximum atomic E-state index is 12.0. The smallest absolute Gasteiger partial charge is 0.344 e. The maximum absolute atomic E-state index is 12.0. The summed E-state index contributed by atoms with van der Waals surface area (Å²) < 4.78 is 10.5. The number of likely N-dealkylation sites (tertiary alicyclic amines) is 1. The molecule has 0 aromatic heterocycles. The fraction of sp³-hybridized carbons (Fsp3) is 0.556. The first-order valence-electron chi connectivity index (χ1n) is 8.35. The highest BCUT2D eigenvalue weighted by molar-refractivity contribution is 5.81. The zero-order valence-electron chi connectivity index (χ0n) is 13.8. The number of hydrogen-bond donors (Lipinski definition) is 0. The molecule has 0 bridgehead atoms. The van der Waals surface area contributed by atoms with Gasteiger partial charge in [0.25, 0.3) is 5.91 Å². The molecule has 2 rings (SSSR count). The predicted molar refractivity (Wildman–Crippen MR) is 87.3 cm³/mol. The van der Waals surface area contributed by atoms with Gasteiger partial charge in [0.05, 0.1) is 0 Å². The summed E-state index contributed by atoms with van der Waals surface area (Å²) in [6, 6.07) is 7.59. The van der Waals surface area contributed by atoms with Crippen LogP contribution in [0.1, 0.15) is 38.2 Å². The number of carbonyl (C=O) groups is 2. The molecule has 1 aliphatic heterocycles. The van der Waals surface area contributed by atoms with Crippen LogP contribution in [-0.4, -0.2) is 43.1 Å². The van der Waals surface area contributed by atoms with E-state index in [9.17, 15) is 9.59 Å². The topological polar surface area (TPSA) is 55.8 Å². The Labute approximate surface area is 137 Å². The van der Waals surface area contributed by atoms with Crippen LogP contribution >= 0.6 is 0 Å². The molecule has 5 nitrogen and oxygen atoms in total. The van der Waals surface area contributed by atoms with Crippen molar-refractivity contribution in [2.75, 3.05) is 26.3 Å². The SMILES string of the molecule is CCc1ccccc1OCC(=O)OCC(=O)N1CCCCCC1. The lowest BCUT2D eigenvalue weighted by atomic mass is 10.1. The van der Waals surface area contributed by atoms with Crippen LogP contribution in [0.5, 0.6) is 5.75 Å². The van der Waals surface area contributed by atoms with Gasteiger partial charge < -0.3 is 14.4 Å². The van der Waals surface area contributed by atoms with E-state index in [0.717, 1.165) is 50.8 Å². The summed E-state index contributed by atoms with van der Waals surface area (Å²) in [6.45, 7) is 3.18. The lowest BCUT2D eigenvalue weighted by molar-refractivity contribution is -0.153. The summed E-state index contributed by atoms with van der Waals surface area (Å²) in [5.74, 6) is 0.0547. The summed E-state index contributed by atoms with van der Waals surface area (Å²) in [4.78, 5) is 25.6. The lowest BCUT2D eigenvalue weighted by Crippen LogP contribution is -2.35. The first-order valence-corrected chi connectivity index (χ1v) is 8.35. The molecule has 1 saturated heterocycles. The summed E-state index contributed by atoms with van der Waals surface area (Å²) in [6.07, 6.45) is 5.20. The summed E-state index contributed by atoms with van der Waals surface area (Å²) in [7, 11) is 0. The highest BCUT2D eigenvalue weighted by Gasteiger charge is 2.17. The van der Waals surface area contributed by atoms with Gasteiger partial charge >= 0.3 is 5.97 Å². The van der Waals surface area contributed by atoms with Crippen molar-refractivity contribution in [3.8, 4) is 5.75 Å². The molecular weight excluding hydrogens is 294 g/mol. The Morgan fingerprint density at radius 3 is 2.43 bits per heavy atom. The first-order chi connectivity index (χ1) is 11.2. The fourth-order valence-electron chi connectivity index (χ4n) is 2.67. The minimum Gasteiger partial charge on any atom is -0.482 e. The van der Waals surface area contributed by atoms with Gasteiger partial charge in [-0.05, 0) is 30.9 Å². The van der Waals surface area contributed by atoms with Gasteiger partial charge in [0.1, 0.15) is 5.75 Å². The first kappa shape index (κ1) is 17.3. The average Bonchev–Trinajstić information content (AvgIpc) is 2.87. The van der Waals surface area contributed by atoms with Gasteiger partial charge in [0.15, 0.2) is 13.2 Å². The van der Waals surface area contributed by atoms with E-state index in [0.29, 0.717) is 5.75 Å². The second-order valence-corrected chi connectivity index (χ2v) is 5.71. The number of para-hydroxylation sites is 1. The summed E-state index contributed by atoms with van der Waals surface area (Å²) in [5.41, 5.74) is 1.04. The van der Waals surface area contributed by atoms with E-state index in [4.69, 9.17) is 9.47 Å². The molecular formula is C18H25NO4. The summed E-state index contributed by atoms with van der Waals surface area (Å²) in [5, 5.41) is 0. The molecule has 1 aliphatic rings. The Morgan fingerprint density at radius 1 is 1.04 bits per heavy atom. The third-order valence-electron chi connectivity index (χ3n) is 4.01. The van der Waals surface area contributed by atoms with Crippen LogP contribution in [0.4, 0.5) is 0 Å². The Bertz CT molecular complexity index is 522. The summed E-state index contributed by atoms with van der Waals surface area (Å²) >= 11 is 0. The molecule has 23 heavy (non-hydrogen) atoms. The monoisotopic (exact) mass is 319 g/mol. The van der Waals surface area contributed by atoms with Crippen LogP contribution in [0.3, 0.4) is 0 Å². The second-order valence-electron chi connectivity index (χ2n) is 5.71. The van der Waals surface area contributed by atoms with Crippen molar-refractivity contribution in [2.45, 2.75) is 39.0 Å². The number of benzene rings is 1. The van der Waals surface area contributed by atoms with E-state index in [1.54, 1.807) is 4.90 Å². The maximum Gasteiger partial charge on any atom is 0.344 e. The molecule has 126 valence electrons. The predicted octanol–water partition coefficient (Wildman–Crippen LogP) is 2.57. The van der Waals surface area contributed by atoms with Gasteiger partial charge in [-0.1, -0.05) is 38.0 Å². The standard InChI is InChI=1S/C18H25NO4/c1-2-15-9-5-6-10-16(15)22-14-18(21)23-13-17(20)19-11-7-3-4-8-12-19/h5-6,9-10H,2-4,7-8,11-14H2,1H3. The fourth-order valence-corrected chi connectivity index (χ4v) is 2.67. The van der Waals surface area contributed by atoms with Gasteiger partial charge in [-0.25, -0.2) is 4.79 Å². The van der Waals surface area contributed by atoms with E-state index in [1.165, 1.54) is 0 Å². The minimum atomic E-state index is -0.515. The van der Waals surface area contributed by atoms with Gasteiger partial charge in [0, 0.05) is 13.1 Å². The number of nitrogens with zero attached hydrogens (tertiary/aromatic N) is 1. The van der Waals surface area contributed by atoms with Crippen molar-refractivity contribution in [2.24, 2.45) is 0 Å². The van der Waals surface area contributed by atoms with Crippen LogP contribution < -0.4 is 4.74 Å². The zero-order valence-corrected chi connectivity index (χ0v) is 13.8. The molecule has 0 atom stereocenters. The molecule has 5 heteroatoms. The average molecular weight is 319 g/mol. The van der Waals surface area contributed by atoms with Crippen molar-refractivity contribution in [1.29, 1.82) is 0 Å². The number of esters is 1. The van der Waals surface area contributed by atoms with Crippen LogP contribution in [0.15, 0.2) is 24.3 Å². The number of amides is 1. The normalized spacial score (nSPS) is 14.9. The molecule has 0 aliphatic carbocycles. The number of aryl methyl sites for hydroxylation is 1. The molecule has 0 saturated carbocycles. The number of ether oxygens (including phenoxy) is 2. The molecule has 1 aromatic rings. The molecule has 1 fully saturated rings. The lowest BCUT2D eigenvalue weighted by Gasteiger charge is -2.20. The van der Waals surface area contributed by atoms with E-state index >= 15 is 0 Å². The van der Waals surface area contributed by atoms with Crippen molar-refractivity contribution in [1.82, 2.24) is 4.90 Å². The molecule has 0 radical (unpaired) electrons. The number of hydrogen-bond acceptors (Lipinski definition) is 4. The van der Waals surface area contributed by atoms with E-state index in [2.05, 4.69) is 0 Å². The Kier molecular flexibility index (Phi) is 6.91. The van der Waals surface area contributed by atoms with Crippen molar-refractivity contribution in [3.63, 3.8) is 0 Å². The van der Waals surface area contributed by atoms with E-state index in [1.807, 2.05) is 31.2 Å². The van der Waals surface area contributed by atoms with Crippen LogP contribution in [0, 0.1) is 0 Å². The number of carbonyl (C=O) groups excluding carboxylic acids is 2. The Hall–Kier alpha value is -2.04. The highest BCUT2D eigenvalue weighted by atomic mass is 16.6. The van der Waals surface area contributed by atoms with Crippen LogP contribution in [0.2, 0.25) is 0 Å². The molecule has 1 amide bonds. The molecule has 0 spiro atoms. The molecule has 0 N–H and O–H groups in total. The quantitative estimate of drug-likeness (QED) is 0.756. The van der Waals surface area contributed by atoms with Gasteiger partial charge in [-0.3, -0.25) is 4.79 Å². The second kappa shape index (κ2) is 9.18. The van der Waals surface area contributed by atoms with Crippen molar-refractivity contribution in [3.05, 3.63) is 29.8 Å². The molecule has 1 heterocycles. The zero-order chi connectivity index (χ0) is 16.5. The highest BCUT2D eigenvalue weighted by Crippen LogP contribution is 2.18. The van der Waals surface area contributed by atoms with Gasteiger partial charge in [-0.2, -0.15) is 0 Å². The third-order valence-corrected chi connectivity index (χ3v) is 4.01.